The molecule has 1 aliphatic heterocycles. The third-order valence-corrected chi connectivity index (χ3v) is 6.35. The highest BCUT2D eigenvalue weighted by Gasteiger charge is 2.36. The normalized spacial score (nSPS) is 21.3. The molecule has 1 aromatic heterocycles. The Morgan fingerprint density at radius 1 is 1.10 bits per heavy atom. The van der Waals surface area contributed by atoms with Crippen molar-refractivity contribution in [2.24, 2.45) is 4.99 Å². The first kappa shape index (κ1) is 12.7. The van der Waals surface area contributed by atoms with Crippen LogP contribution in [0.5, 0.6) is 0 Å². The van der Waals surface area contributed by atoms with E-state index in [0.29, 0.717) is 0 Å². The molecule has 2 nitrogen and oxygen atoms in total. The number of amidine groups is 1. The zero-order chi connectivity index (χ0) is 13.4. The van der Waals surface area contributed by atoms with Crippen molar-refractivity contribution in [3.63, 3.8) is 0 Å². The van der Waals surface area contributed by atoms with Gasteiger partial charge in [0.2, 0.25) is 0 Å². The predicted molar refractivity (Wildman–Crippen MR) is 91.2 cm³/mol. The molecule has 2 aliphatic rings. The summed E-state index contributed by atoms with van der Waals surface area (Å²) in [5.41, 5.74) is 1.41. The fourth-order valence-corrected chi connectivity index (χ4v) is 5.16. The van der Waals surface area contributed by atoms with E-state index >= 15 is 0 Å². The maximum Gasteiger partial charge on any atom is 0.161 e. The van der Waals surface area contributed by atoms with Gasteiger partial charge in [-0.2, -0.15) is 0 Å². The quantitative estimate of drug-likeness (QED) is 0.790. The van der Waals surface area contributed by atoms with Gasteiger partial charge in [-0.1, -0.05) is 31.0 Å². The van der Waals surface area contributed by atoms with E-state index in [1.165, 1.54) is 42.2 Å². The fourth-order valence-electron chi connectivity index (χ4n) is 3.18. The highest BCUT2D eigenvalue weighted by Crippen LogP contribution is 2.40. The van der Waals surface area contributed by atoms with Gasteiger partial charge < -0.3 is 5.32 Å². The molecular formula is C16H18N2S2. The first-order chi connectivity index (χ1) is 9.83. The second-order valence-electron chi connectivity index (χ2n) is 5.79. The average Bonchev–Trinajstić information content (AvgIpc) is 3.07. The molecule has 1 aromatic carbocycles. The van der Waals surface area contributed by atoms with E-state index in [9.17, 15) is 0 Å². The Kier molecular flexibility index (Phi) is 3.23. The summed E-state index contributed by atoms with van der Waals surface area (Å²) < 4.78 is 1.35. The molecule has 0 amide bonds. The second-order valence-corrected chi connectivity index (χ2v) is 7.70. The third-order valence-electron chi connectivity index (χ3n) is 4.30. The Bertz CT molecular complexity index is 653. The largest absolute Gasteiger partial charge is 0.335 e. The summed E-state index contributed by atoms with van der Waals surface area (Å²) >= 11 is 3.68. The molecule has 2 aromatic rings. The highest BCUT2D eigenvalue weighted by atomic mass is 32.2. The van der Waals surface area contributed by atoms with Gasteiger partial charge in [-0.05, 0) is 47.9 Å². The van der Waals surface area contributed by atoms with Crippen molar-refractivity contribution in [2.75, 3.05) is 11.1 Å². The van der Waals surface area contributed by atoms with Crippen molar-refractivity contribution < 1.29 is 0 Å². The summed E-state index contributed by atoms with van der Waals surface area (Å²) in [4.78, 5) is 5.01. The molecule has 1 saturated carbocycles. The van der Waals surface area contributed by atoms with Crippen LogP contribution in [-0.2, 0) is 0 Å². The van der Waals surface area contributed by atoms with Gasteiger partial charge in [0.15, 0.2) is 5.17 Å². The molecule has 4 rings (SSSR count). The number of thioether (sulfide) groups is 1. The van der Waals surface area contributed by atoms with Gasteiger partial charge in [0.05, 0.1) is 5.54 Å². The lowest BCUT2D eigenvalue weighted by Gasteiger charge is -2.29. The van der Waals surface area contributed by atoms with Crippen LogP contribution in [0.4, 0.5) is 5.69 Å². The summed E-state index contributed by atoms with van der Waals surface area (Å²) in [6, 6.07) is 8.75. The van der Waals surface area contributed by atoms with Gasteiger partial charge >= 0.3 is 0 Å². The standard InChI is InChI=1S/C16H18N2S2/c1-2-7-16(8-3-1)11-20-15(18-16)17-13-4-5-14-12(10-13)6-9-19-14/h4-6,9-10H,1-3,7-8,11H2,(H,17,18). The third kappa shape index (κ3) is 2.35. The van der Waals surface area contributed by atoms with Crippen molar-refractivity contribution >= 4 is 44.0 Å². The minimum Gasteiger partial charge on any atom is -0.335 e. The van der Waals surface area contributed by atoms with Crippen LogP contribution in [-0.4, -0.2) is 16.5 Å². The molecule has 0 bridgehead atoms. The van der Waals surface area contributed by atoms with E-state index in [2.05, 4.69) is 35.0 Å². The summed E-state index contributed by atoms with van der Waals surface area (Å²) in [5, 5.41) is 8.09. The van der Waals surface area contributed by atoms with E-state index in [1.807, 2.05) is 11.8 Å². The summed E-state index contributed by atoms with van der Waals surface area (Å²) in [6.45, 7) is 0. The predicted octanol–water partition coefficient (Wildman–Crippen LogP) is 5.12. The number of nitrogens with zero attached hydrogens (tertiary/aromatic N) is 1. The maximum absolute atomic E-state index is 5.01. The first-order valence-electron chi connectivity index (χ1n) is 7.30. The number of nitrogens with one attached hydrogen (secondary N) is 1. The average molecular weight is 302 g/mol. The number of benzene rings is 1. The molecular weight excluding hydrogens is 284 g/mol. The van der Waals surface area contributed by atoms with E-state index in [-0.39, 0.29) is 5.54 Å². The van der Waals surface area contributed by atoms with Gasteiger partial charge in [-0.15, -0.1) is 11.3 Å². The van der Waals surface area contributed by atoms with Gasteiger partial charge in [-0.3, -0.25) is 4.99 Å². The van der Waals surface area contributed by atoms with Crippen molar-refractivity contribution in [2.45, 2.75) is 37.6 Å². The van der Waals surface area contributed by atoms with Gasteiger partial charge in [0, 0.05) is 16.1 Å². The van der Waals surface area contributed by atoms with Crippen LogP contribution in [0.15, 0.2) is 34.6 Å². The number of hydrogen-bond acceptors (Lipinski definition) is 4. The minimum atomic E-state index is 0.248. The lowest BCUT2D eigenvalue weighted by Crippen LogP contribution is -2.29. The number of hydrogen-bond donors (Lipinski definition) is 1. The Morgan fingerprint density at radius 2 is 2.00 bits per heavy atom. The molecule has 1 fully saturated rings. The first-order valence-corrected chi connectivity index (χ1v) is 9.17. The molecule has 2 heterocycles. The summed E-state index contributed by atoms with van der Waals surface area (Å²) in [5.74, 6) is 1.16. The summed E-state index contributed by atoms with van der Waals surface area (Å²) in [7, 11) is 0. The van der Waals surface area contributed by atoms with Crippen LogP contribution in [0.1, 0.15) is 32.1 Å². The smallest absolute Gasteiger partial charge is 0.161 e. The van der Waals surface area contributed by atoms with Crippen molar-refractivity contribution in [1.82, 2.24) is 0 Å². The number of thiophene rings is 1. The topological polar surface area (TPSA) is 24.4 Å². The molecule has 4 heteroatoms. The lowest BCUT2D eigenvalue weighted by atomic mass is 9.84. The Balaban J connectivity index is 1.55. The molecule has 0 unspecified atom stereocenters. The SMILES string of the molecule is c1cc2cc(NC3=NC4(CCCCC4)CS3)ccc2s1. The number of rotatable bonds is 1. The zero-order valence-corrected chi connectivity index (χ0v) is 13.0. The van der Waals surface area contributed by atoms with Gasteiger partial charge in [0.25, 0.3) is 0 Å². The Morgan fingerprint density at radius 3 is 2.90 bits per heavy atom. The van der Waals surface area contributed by atoms with Crippen LogP contribution >= 0.6 is 23.1 Å². The van der Waals surface area contributed by atoms with E-state index in [0.717, 1.165) is 16.6 Å². The van der Waals surface area contributed by atoms with Crippen molar-refractivity contribution in [1.29, 1.82) is 0 Å². The highest BCUT2D eigenvalue weighted by molar-refractivity contribution is 8.14. The minimum absolute atomic E-state index is 0.248. The molecule has 20 heavy (non-hydrogen) atoms. The molecule has 104 valence electrons. The number of fused-ring (bicyclic) bond motifs is 1. The molecule has 0 atom stereocenters. The monoisotopic (exact) mass is 302 g/mol. The molecule has 0 saturated heterocycles. The lowest BCUT2D eigenvalue weighted by molar-refractivity contribution is 0.335. The molecule has 1 aliphatic carbocycles. The fraction of sp³-hybridized carbons (Fsp3) is 0.438. The second kappa shape index (κ2) is 5.08. The Hall–Kier alpha value is -1.00. The molecule has 1 N–H and O–H groups in total. The van der Waals surface area contributed by atoms with Crippen LogP contribution in [0.25, 0.3) is 10.1 Å². The van der Waals surface area contributed by atoms with Gasteiger partial charge in [-0.25, -0.2) is 0 Å². The van der Waals surface area contributed by atoms with Crippen LogP contribution in [0, 0.1) is 0 Å². The van der Waals surface area contributed by atoms with Crippen molar-refractivity contribution in [3.8, 4) is 0 Å². The Labute approximate surface area is 127 Å². The zero-order valence-electron chi connectivity index (χ0n) is 11.4. The van der Waals surface area contributed by atoms with E-state index in [1.54, 1.807) is 11.3 Å². The molecule has 0 radical (unpaired) electrons. The maximum atomic E-state index is 5.01. The summed E-state index contributed by atoms with van der Waals surface area (Å²) in [6.07, 6.45) is 6.62. The van der Waals surface area contributed by atoms with Gasteiger partial charge in [0.1, 0.15) is 0 Å². The van der Waals surface area contributed by atoms with Crippen LogP contribution in [0.3, 0.4) is 0 Å². The van der Waals surface area contributed by atoms with Crippen LogP contribution < -0.4 is 5.32 Å². The van der Waals surface area contributed by atoms with E-state index in [4.69, 9.17) is 4.99 Å². The van der Waals surface area contributed by atoms with Crippen molar-refractivity contribution in [3.05, 3.63) is 29.6 Å². The number of anilines is 1. The number of aliphatic imine (C=N–C) groups is 1. The van der Waals surface area contributed by atoms with E-state index < -0.39 is 0 Å². The molecule has 1 spiro atoms. The van der Waals surface area contributed by atoms with Crippen LogP contribution in [0.2, 0.25) is 0 Å².